The van der Waals surface area contributed by atoms with Gasteiger partial charge in [-0.05, 0) is 48.3 Å². The van der Waals surface area contributed by atoms with Gasteiger partial charge in [0.1, 0.15) is 12.0 Å². The summed E-state index contributed by atoms with van der Waals surface area (Å²) >= 11 is 0. The van der Waals surface area contributed by atoms with Crippen LogP contribution in [0.4, 0.5) is 0 Å². The molecule has 2 unspecified atom stereocenters. The summed E-state index contributed by atoms with van der Waals surface area (Å²) in [6.07, 6.45) is 8.13. The zero-order chi connectivity index (χ0) is 20.6. The molecule has 4 rings (SSSR count). The summed E-state index contributed by atoms with van der Waals surface area (Å²) in [5, 5.41) is 0. The Kier molecular flexibility index (Phi) is 5.05. The minimum atomic E-state index is -0.156. The van der Waals surface area contributed by atoms with Crippen molar-refractivity contribution in [2.45, 2.75) is 59.0 Å². The normalized spacial score (nSPS) is 25.2. The van der Waals surface area contributed by atoms with Gasteiger partial charge >= 0.3 is 0 Å². The Hall–Kier alpha value is -2.50. The predicted octanol–water partition coefficient (Wildman–Crippen LogP) is 4.33. The van der Waals surface area contributed by atoms with Gasteiger partial charge in [0.05, 0.1) is 24.6 Å². The molecular formula is C23H30N2O4. The molecule has 156 valence electrons. The van der Waals surface area contributed by atoms with Gasteiger partial charge in [-0.1, -0.05) is 20.8 Å². The van der Waals surface area contributed by atoms with Crippen LogP contribution in [0.5, 0.6) is 0 Å². The first-order valence-corrected chi connectivity index (χ1v) is 10.4. The lowest BCUT2D eigenvalue weighted by molar-refractivity contribution is -0.132. The summed E-state index contributed by atoms with van der Waals surface area (Å²) in [6.45, 7) is 8.43. The predicted molar refractivity (Wildman–Crippen MR) is 108 cm³/mol. The van der Waals surface area contributed by atoms with Crippen LogP contribution < -0.4 is 0 Å². The summed E-state index contributed by atoms with van der Waals surface area (Å²) in [6, 6.07) is 5.60. The van der Waals surface area contributed by atoms with Crippen LogP contribution in [-0.4, -0.2) is 40.7 Å². The fraction of sp³-hybridized carbons (Fsp3) is 0.565. The molecule has 6 nitrogen and oxygen atoms in total. The van der Waals surface area contributed by atoms with Crippen LogP contribution >= 0.6 is 0 Å². The molecule has 2 aliphatic rings. The molecule has 1 saturated carbocycles. The highest BCUT2D eigenvalue weighted by atomic mass is 16.3. The highest BCUT2D eigenvalue weighted by Gasteiger charge is 2.50. The maximum atomic E-state index is 13.1. The summed E-state index contributed by atoms with van der Waals surface area (Å²) in [7, 11) is 0. The largest absolute Gasteiger partial charge is 0.472 e. The van der Waals surface area contributed by atoms with Crippen molar-refractivity contribution in [3.05, 3.63) is 48.3 Å². The number of likely N-dealkylation sites (tertiary alicyclic amines) is 1. The van der Waals surface area contributed by atoms with Gasteiger partial charge in [-0.2, -0.15) is 0 Å². The topological polar surface area (TPSA) is 66.9 Å². The zero-order valence-electron chi connectivity index (χ0n) is 17.5. The fourth-order valence-electron chi connectivity index (χ4n) is 5.54. The van der Waals surface area contributed by atoms with E-state index in [1.807, 2.05) is 6.07 Å². The van der Waals surface area contributed by atoms with E-state index in [2.05, 4.69) is 25.7 Å². The molecule has 3 heterocycles. The maximum absolute atomic E-state index is 13.1. The Balaban J connectivity index is 1.43. The molecule has 0 spiro atoms. The van der Waals surface area contributed by atoms with Crippen molar-refractivity contribution >= 4 is 11.8 Å². The molecule has 0 radical (unpaired) electrons. The average molecular weight is 399 g/mol. The number of amides is 2. The molecule has 2 amide bonds. The van der Waals surface area contributed by atoms with Gasteiger partial charge in [0, 0.05) is 25.6 Å². The molecule has 29 heavy (non-hydrogen) atoms. The van der Waals surface area contributed by atoms with Crippen molar-refractivity contribution in [3.8, 4) is 0 Å². The Morgan fingerprint density at radius 2 is 2.03 bits per heavy atom. The second-order valence-corrected chi connectivity index (χ2v) is 9.80. The van der Waals surface area contributed by atoms with Crippen LogP contribution in [0.2, 0.25) is 0 Å². The van der Waals surface area contributed by atoms with E-state index in [0.29, 0.717) is 36.9 Å². The van der Waals surface area contributed by atoms with Crippen LogP contribution in [0.1, 0.15) is 62.6 Å². The number of nitrogens with zero attached hydrogens (tertiary/aromatic N) is 2. The molecule has 2 fully saturated rings. The number of hydrogen-bond donors (Lipinski definition) is 0. The maximum Gasteiger partial charge on any atom is 0.257 e. The molecule has 1 saturated heterocycles. The van der Waals surface area contributed by atoms with E-state index in [-0.39, 0.29) is 22.6 Å². The third kappa shape index (κ3) is 4.26. The van der Waals surface area contributed by atoms with Crippen molar-refractivity contribution in [2.75, 3.05) is 13.1 Å². The Morgan fingerprint density at radius 3 is 2.72 bits per heavy atom. The van der Waals surface area contributed by atoms with Gasteiger partial charge in [-0.3, -0.25) is 9.59 Å². The summed E-state index contributed by atoms with van der Waals surface area (Å²) in [5.74, 6) is 0.678. The van der Waals surface area contributed by atoms with Crippen LogP contribution in [0.25, 0.3) is 0 Å². The van der Waals surface area contributed by atoms with Crippen molar-refractivity contribution in [3.63, 3.8) is 0 Å². The molecule has 2 bridgehead atoms. The first-order chi connectivity index (χ1) is 13.7. The summed E-state index contributed by atoms with van der Waals surface area (Å²) < 4.78 is 10.5. The van der Waals surface area contributed by atoms with Crippen molar-refractivity contribution in [1.29, 1.82) is 0 Å². The van der Waals surface area contributed by atoms with Crippen molar-refractivity contribution < 1.29 is 18.4 Å². The van der Waals surface area contributed by atoms with Crippen LogP contribution in [-0.2, 0) is 11.3 Å². The van der Waals surface area contributed by atoms with E-state index in [0.717, 1.165) is 25.8 Å². The first kappa shape index (κ1) is 19.8. The van der Waals surface area contributed by atoms with Gasteiger partial charge in [0.2, 0.25) is 5.91 Å². The molecule has 2 atom stereocenters. The second kappa shape index (κ2) is 7.39. The first-order valence-electron chi connectivity index (χ1n) is 10.4. The number of hydrogen-bond acceptors (Lipinski definition) is 4. The van der Waals surface area contributed by atoms with Gasteiger partial charge in [-0.15, -0.1) is 0 Å². The minimum absolute atomic E-state index is 0.140. The lowest BCUT2D eigenvalue weighted by Gasteiger charge is -2.39. The zero-order valence-corrected chi connectivity index (χ0v) is 17.5. The monoisotopic (exact) mass is 398 g/mol. The highest BCUT2D eigenvalue weighted by molar-refractivity contribution is 5.94. The number of carbonyl (C=O) groups is 2. The Labute approximate surface area is 171 Å². The minimum Gasteiger partial charge on any atom is -0.472 e. The van der Waals surface area contributed by atoms with Gasteiger partial charge in [0.25, 0.3) is 5.91 Å². The third-order valence-corrected chi connectivity index (χ3v) is 6.31. The number of carbonyl (C=O) groups excluding carboxylic acids is 2. The van der Waals surface area contributed by atoms with Crippen LogP contribution in [0.15, 0.2) is 45.8 Å². The van der Waals surface area contributed by atoms with Gasteiger partial charge in [0.15, 0.2) is 0 Å². The molecule has 2 aromatic rings. The molecular weight excluding hydrogens is 368 g/mol. The Morgan fingerprint density at radius 1 is 1.21 bits per heavy atom. The SMILES string of the molecule is CC1(C)CC2CC(C)(CN2C(=O)CCN(Cc2ccco2)C(=O)c2ccoc2)C1. The number of furan rings is 2. The van der Waals surface area contributed by atoms with Gasteiger partial charge in [-0.25, -0.2) is 0 Å². The molecule has 0 N–H and O–H groups in total. The quantitative estimate of drug-likeness (QED) is 0.726. The van der Waals surface area contributed by atoms with E-state index in [4.69, 9.17) is 8.83 Å². The number of rotatable bonds is 6. The summed E-state index contributed by atoms with van der Waals surface area (Å²) in [4.78, 5) is 29.7. The lowest BCUT2D eigenvalue weighted by atomic mass is 9.65. The van der Waals surface area contributed by atoms with Crippen LogP contribution in [0, 0.1) is 10.8 Å². The van der Waals surface area contributed by atoms with E-state index < -0.39 is 0 Å². The third-order valence-electron chi connectivity index (χ3n) is 6.31. The lowest BCUT2D eigenvalue weighted by Crippen LogP contribution is -2.40. The molecule has 0 aromatic carbocycles. The molecule has 1 aliphatic heterocycles. The van der Waals surface area contributed by atoms with Crippen molar-refractivity contribution in [2.24, 2.45) is 10.8 Å². The fourth-order valence-corrected chi connectivity index (χ4v) is 5.54. The Bertz CT molecular complexity index is 856. The van der Waals surface area contributed by atoms with Crippen molar-refractivity contribution in [1.82, 2.24) is 9.80 Å². The summed E-state index contributed by atoms with van der Waals surface area (Å²) in [5.41, 5.74) is 0.966. The highest BCUT2D eigenvalue weighted by Crippen LogP contribution is 2.52. The van der Waals surface area contributed by atoms with Crippen LogP contribution in [0.3, 0.4) is 0 Å². The molecule has 2 aromatic heterocycles. The average Bonchev–Trinajstić information content (AvgIpc) is 3.37. The number of fused-ring (bicyclic) bond motifs is 2. The smallest absolute Gasteiger partial charge is 0.257 e. The van der Waals surface area contributed by atoms with Gasteiger partial charge < -0.3 is 18.6 Å². The second-order valence-electron chi connectivity index (χ2n) is 9.80. The molecule has 6 heteroatoms. The van der Waals surface area contributed by atoms with E-state index in [1.165, 1.54) is 12.5 Å². The van der Waals surface area contributed by atoms with E-state index in [9.17, 15) is 9.59 Å². The van der Waals surface area contributed by atoms with E-state index >= 15 is 0 Å². The standard InChI is InChI=1S/C23H30N2O4/c1-22(2)11-18-12-23(3,15-22)16-25(18)20(26)6-8-24(13-19-5-4-9-29-19)21(27)17-7-10-28-14-17/h4-5,7,9-10,14,18H,6,8,11-13,15-16H2,1-3H3. The van der Waals surface area contributed by atoms with E-state index in [1.54, 1.807) is 23.3 Å². The molecule has 1 aliphatic carbocycles.